The van der Waals surface area contributed by atoms with Gasteiger partial charge in [-0.15, -0.1) is 0 Å². The number of pyridine rings is 1. The molecule has 6 nitrogen and oxygen atoms in total. The Hall–Kier alpha value is -2.81. The van der Waals surface area contributed by atoms with E-state index in [-0.39, 0.29) is 25.0 Å². The van der Waals surface area contributed by atoms with Gasteiger partial charge >= 0.3 is 6.18 Å². The predicted molar refractivity (Wildman–Crippen MR) is 108 cm³/mol. The van der Waals surface area contributed by atoms with Gasteiger partial charge in [0.25, 0.3) is 5.91 Å². The zero-order chi connectivity index (χ0) is 22.0. The van der Waals surface area contributed by atoms with Crippen molar-refractivity contribution in [1.82, 2.24) is 10.3 Å². The predicted octanol–water partition coefficient (Wildman–Crippen LogP) is 3.29. The Morgan fingerprint density at radius 1 is 1.19 bits per heavy atom. The molecule has 0 spiro atoms. The van der Waals surface area contributed by atoms with Crippen LogP contribution in [0, 0.1) is 0 Å². The Bertz CT molecular complexity index is 920. The van der Waals surface area contributed by atoms with Crippen molar-refractivity contribution in [2.45, 2.75) is 56.7 Å². The maximum atomic E-state index is 12.9. The number of halogens is 3. The first-order valence-corrected chi connectivity index (χ1v) is 10.3. The average Bonchev–Trinajstić information content (AvgIpc) is 2.75. The van der Waals surface area contributed by atoms with Gasteiger partial charge in [-0.05, 0) is 36.6 Å². The van der Waals surface area contributed by atoms with Crippen molar-refractivity contribution in [3.63, 3.8) is 0 Å². The number of nitrogens with one attached hydrogen (secondary N) is 1. The summed E-state index contributed by atoms with van der Waals surface area (Å²) >= 11 is 0. The number of carbonyl (C=O) groups is 1. The fourth-order valence-corrected chi connectivity index (χ4v) is 4.05. The standard InChI is InChI=1S/C22H24F3N3O3/c23-22(24,25)20-10-9-14(11-26-20)12-28-13-19(31-18-8-4-2-6-16(18)28)21(30)27-15-5-1-3-7-17(15)29/h2,4,6,8-11,15,17,19,29H,1,3,5,7,12-13H2,(H,27,30). The number of rotatable bonds is 4. The summed E-state index contributed by atoms with van der Waals surface area (Å²) in [5.41, 5.74) is 0.401. The summed E-state index contributed by atoms with van der Waals surface area (Å²) in [7, 11) is 0. The minimum atomic E-state index is -4.49. The van der Waals surface area contributed by atoms with Crippen LogP contribution < -0.4 is 15.0 Å². The number of aliphatic hydroxyl groups is 1. The Morgan fingerprint density at radius 3 is 2.68 bits per heavy atom. The van der Waals surface area contributed by atoms with E-state index in [2.05, 4.69) is 10.3 Å². The van der Waals surface area contributed by atoms with Gasteiger partial charge in [-0.3, -0.25) is 9.78 Å². The van der Waals surface area contributed by atoms with E-state index in [4.69, 9.17) is 4.74 Å². The number of nitrogens with zero attached hydrogens (tertiary/aromatic N) is 2. The van der Waals surface area contributed by atoms with Crippen LogP contribution in [-0.2, 0) is 17.5 Å². The number of alkyl halides is 3. The van der Waals surface area contributed by atoms with Gasteiger partial charge in [0.05, 0.1) is 24.4 Å². The molecule has 0 saturated heterocycles. The van der Waals surface area contributed by atoms with E-state index >= 15 is 0 Å². The van der Waals surface area contributed by atoms with Crippen molar-refractivity contribution in [2.24, 2.45) is 0 Å². The van der Waals surface area contributed by atoms with Crippen LogP contribution in [0.3, 0.4) is 0 Å². The van der Waals surface area contributed by atoms with Crippen LogP contribution in [0.4, 0.5) is 18.9 Å². The molecule has 1 aliphatic carbocycles. The molecule has 2 aliphatic rings. The van der Waals surface area contributed by atoms with Gasteiger partial charge in [0.1, 0.15) is 11.4 Å². The fraction of sp³-hybridized carbons (Fsp3) is 0.455. The lowest BCUT2D eigenvalue weighted by Gasteiger charge is -2.37. The second kappa shape index (κ2) is 8.74. The summed E-state index contributed by atoms with van der Waals surface area (Å²) in [5, 5.41) is 13.0. The highest BCUT2D eigenvalue weighted by molar-refractivity contribution is 5.83. The van der Waals surface area contributed by atoms with Crippen molar-refractivity contribution in [3.8, 4) is 5.75 Å². The van der Waals surface area contributed by atoms with Gasteiger partial charge in [0, 0.05) is 12.7 Å². The topological polar surface area (TPSA) is 74.7 Å². The summed E-state index contributed by atoms with van der Waals surface area (Å²) in [6.07, 6.45) is -1.39. The highest BCUT2D eigenvalue weighted by atomic mass is 19.4. The molecule has 9 heteroatoms. The summed E-state index contributed by atoms with van der Waals surface area (Å²) < 4.78 is 44.3. The number of hydrogen-bond donors (Lipinski definition) is 2. The van der Waals surface area contributed by atoms with Gasteiger partial charge in [-0.25, -0.2) is 0 Å². The van der Waals surface area contributed by atoms with Crippen molar-refractivity contribution >= 4 is 11.6 Å². The van der Waals surface area contributed by atoms with Crippen LogP contribution in [0.1, 0.15) is 36.9 Å². The van der Waals surface area contributed by atoms with Gasteiger partial charge in [-0.1, -0.05) is 31.0 Å². The first-order valence-electron chi connectivity index (χ1n) is 10.3. The maximum absolute atomic E-state index is 12.9. The Labute approximate surface area is 178 Å². The number of ether oxygens (including phenoxy) is 1. The van der Waals surface area contributed by atoms with E-state index in [1.807, 2.05) is 17.0 Å². The molecule has 3 atom stereocenters. The average molecular weight is 435 g/mol. The molecule has 166 valence electrons. The molecule has 0 radical (unpaired) electrons. The largest absolute Gasteiger partial charge is 0.477 e. The van der Waals surface area contributed by atoms with E-state index in [1.54, 1.807) is 12.1 Å². The van der Waals surface area contributed by atoms with Crippen molar-refractivity contribution in [2.75, 3.05) is 11.4 Å². The molecule has 3 unspecified atom stereocenters. The summed E-state index contributed by atoms with van der Waals surface area (Å²) in [6.45, 7) is 0.508. The van der Waals surface area contributed by atoms with Gasteiger partial charge < -0.3 is 20.1 Å². The number of amides is 1. The maximum Gasteiger partial charge on any atom is 0.433 e. The first-order chi connectivity index (χ1) is 14.8. The highest BCUT2D eigenvalue weighted by Crippen LogP contribution is 2.34. The molecule has 1 fully saturated rings. The highest BCUT2D eigenvalue weighted by Gasteiger charge is 2.34. The zero-order valence-corrected chi connectivity index (χ0v) is 16.8. The number of aromatic nitrogens is 1. The number of anilines is 1. The summed E-state index contributed by atoms with van der Waals surface area (Å²) in [6, 6.07) is 9.27. The molecular weight excluding hydrogens is 411 g/mol. The molecule has 1 aliphatic heterocycles. The molecule has 31 heavy (non-hydrogen) atoms. The van der Waals surface area contributed by atoms with Crippen LogP contribution in [0.15, 0.2) is 42.6 Å². The molecule has 4 rings (SSSR count). The lowest BCUT2D eigenvalue weighted by Crippen LogP contribution is -2.54. The Morgan fingerprint density at radius 2 is 1.97 bits per heavy atom. The molecular formula is C22H24F3N3O3. The van der Waals surface area contributed by atoms with Crippen LogP contribution >= 0.6 is 0 Å². The molecule has 1 aromatic heterocycles. The Kier molecular flexibility index (Phi) is 6.04. The van der Waals surface area contributed by atoms with Gasteiger partial charge in [0.15, 0.2) is 6.10 Å². The monoisotopic (exact) mass is 435 g/mol. The number of para-hydroxylation sites is 2. The minimum Gasteiger partial charge on any atom is -0.477 e. The van der Waals surface area contributed by atoms with Crippen LogP contribution in [0.5, 0.6) is 5.75 Å². The van der Waals surface area contributed by atoms with Crippen molar-refractivity contribution in [1.29, 1.82) is 0 Å². The molecule has 0 bridgehead atoms. The van der Waals surface area contributed by atoms with Crippen LogP contribution in [-0.4, -0.2) is 40.8 Å². The second-order valence-corrected chi connectivity index (χ2v) is 7.97. The fourth-order valence-electron chi connectivity index (χ4n) is 4.05. The molecule has 2 N–H and O–H groups in total. The SMILES string of the molecule is O=C(NC1CCCCC1O)C1CN(Cc2ccc(C(F)(F)F)nc2)c2ccccc2O1. The van der Waals surface area contributed by atoms with E-state index in [0.29, 0.717) is 17.7 Å². The number of fused-ring (bicyclic) bond motifs is 1. The summed E-state index contributed by atoms with van der Waals surface area (Å²) in [4.78, 5) is 18.3. The van der Waals surface area contributed by atoms with E-state index in [0.717, 1.165) is 31.0 Å². The second-order valence-electron chi connectivity index (χ2n) is 7.97. The van der Waals surface area contributed by atoms with Crippen LogP contribution in [0.25, 0.3) is 0 Å². The number of hydrogen-bond acceptors (Lipinski definition) is 5. The molecule has 1 aromatic carbocycles. The number of benzene rings is 1. The third-order valence-electron chi connectivity index (χ3n) is 5.70. The normalized spacial score (nSPS) is 23.6. The van der Waals surface area contributed by atoms with Crippen LogP contribution in [0.2, 0.25) is 0 Å². The van der Waals surface area contributed by atoms with Gasteiger partial charge in [-0.2, -0.15) is 13.2 Å². The van der Waals surface area contributed by atoms with E-state index in [9.17, 15) is 23.1 Å². The number of aliphatic hydroxyl groups excluding tert-OH is 1. The lowest BCUT2D eigenvalue weighted by atomic mass is 9.92. The smallest absolute Gasteiger partial charge is 0.433 e. The van der Waals surface area contributed by atoms with E-state index in [1.165, 1.54) is 12.3 Å². The Balaban J connectivity index is 1.50. The zero-order valence-electron chi connectivity index (χ0n) is 16.8. The van der Waals surface area contributed by atoms with Crippen molar-refractivity contribution < 1.29 is 27.8 Å². The van der Waals surface area contributed by atoms with Gasteiger partial charge in [0.2, 0.25) is 0 Å². The quantitative estimate of drug-likeness (QED) is 0.771. The third-order valence-corrected chi connectivity index (χ3v) is 5.70. The first kappa shape index (κ1) is 21.4. The molecule has 2 heterocycles. The van der Waals surface area contributed by atoms with E-state index < -0.39 is 24.1 Å². The minimum absolute atomic E-state index is 0.229. The summed E-state index contributed by atoms with van der Waals surface area (Å²) in [5.74, 6) is 0.217. The number of carbonyl (C=O) groups excluding carboxylic acids is 1. The molecule has 2 aromatic rings. The van der Waals surface area contributed by atoms with Crippen molar-refractivity contribution in [3.05, 3.63) is 53.9 Å². The molecule has 1 saturated carbocycles. The third kappa shape index (κ3) is 4.92. The lowest BCUT2D eigenvalue weighted by molar-refractivity contribution is -0.141. The molecule has 1 amide bonds.